The third-order valence-electron chi connectivity index (χ3n) is 6.61. The Labute approximate surface area is 178 Å². The minimum absolute atomic E-state index is 0.171. The van der Waals surface area contributed by atoms with Gasteiger partial charge in [-0.05, 0) is 90.7 Å². The molecule has 1 fully saturated rings. The van der Waals surface area contributed by atoms with Crippen molar-refractivity contribution in [2.24, 2.45) is 17.8 Å². The molecule has 0 bridgehead atoms. The molecule has 1 aromatic carbocycles. The fourth-order valence-electron chi connectivity index (χ4n) is 5.18. The molecule has 0 aromatic heterocycles. The Morgan fingerprint density at radius 3 is 2.76 bits per heavy atom. The van der Waals surface area contributed by atoms with Gasteiger partial charge in [0.2, 0.25) is 0 Å². The molecule has 0 spiro atoms. The Bertz CT molecular complexity index is 708. The molecule has 3 rings (SSSR count). The number of fused-ring (bicyclic) bond motifs is 1. The van der Waals surface area contributed by atoms with E-state index in [1.165, 1.54) is 17.5 Å². The van der Waals surface area contributed by atoms with E-state index in [1.807, 2.05) is 0 Å². The first-order valence-corrected chi connectivity index (χ1v) is 11.4. The Hall–Kier alpha value is -1.42. The van der Waals surface area contributed by atoms with Crippen LogP contribution in [0.4, 0.5) is 0 Å². The van der Waals surface area contributed by atoms with Crippen LogP contribution in [0.25, 0.3) is 0 Å². The van der Waals surface area contributed by atoms with Crippen molar-refractivity contribution >= 4 is 0 Å². The highest BCUT2D eigenvalue weighted by Crippen LogP contribution is 2.47. The number of aliphatic hydroxyl groups is 1. The summed E-state index contributed by atoms with van der Waals surface area (Å²) < 4.78 is 0. The number of hydrogen-bond donors (Lipinski definition) is 1. The Balaban J connectivity index is 1.45. The smallest absolute Gasteiger partial charge is 0.0611 e. The zero-order valence-electron chi connectivity index (χ0n) is 18.8. The predicted molar refractivity (Wildman–Crippen MR) is 123 cm³/mol. The fourth-order valence-corrected chi connectivity index (χ4v) is 5.18. The summed E-state index contributed by atoms with van der Waals surface area (Å²) in [5.41, 5.74) is 4.32. The normalized spacial score (nSPS) is 26.7. The van der Waals surface area contributed by atoms with Crippen LogP contribution < -0.4 is 0 Å². The topological polar surface area (TPSA) is 26.7 Å². The summed E-state index contributed by atoms with van der Waals surface area (Å²) >= 11 is 0. The molecule has 0 saturated heterocycles. The lowest BCUT2D eigenvalue weighted by atomic mass is 9.89. The Morgan fingerprint density at radius 2 is 2.00 bits per heavy atom. The van der Waals surface area contributed by atoms with Crippen LogP contribution in [0.1, 0.15) is 36.8 Å². The highest BCUT2D eigenvalue weighted by molar-refractivity contribution is 5.23. The van der Waals surface area contributed by atoms with Crippen LogP contribution in [0, 0.1) is 24.7 Å². The molecule has 3 heteroatoms. The van der Waals surface area contributed by atoms with Gasteiger partial charge < -0.3 is 14.9 Å². The van der Waals surface area contributed by atoms with Crippen LogP contribution in [-0.2, 0) is 6.42 Å². The number of nitrogens with zero attached hydrogens (tertiary/aromatic N) is 2. The van der Waals surface area contributed by atoms with Gasteiger partial charge in [0.1, 0.15) is 0 Å². The van der Waals surface area contributed by atoms with Crippen molar-refractivity contribution in [1.82, 2.24) is 9.80 Å². The zero-order valence-corrected chi connectivity index (χ0v) is 18.8. The summed E-state index contributed by atoms with van der Waals surface area (Å²) in [6, 6.07) is 8.78. The van der Waals surface area contributed by atoms with Crippen molar-refractivity contribution in [1.29, 1.82) is 0 Å². The van der Waals surface area contributed by atoms with Gasteiger partial charge in [-0.15, -0.1) is 0 Å². The molecule has 1 N–H and O–H groups in total. The Morgan fingerprint density at radius 1 is 1.17 bits per heavy atom. The van der Waals surface area contributed by atoms with Gasteiger partial charge in [0.25, 0.3) is 0 Å². The highest BCUT2D eigenvalue weighted by atomic mass is 16.3. The summed E-state index contributed by atoms with van der Waals surface area (Å²) in [6.07, 6.45) is 12.4. The Kier molecular flexibility index (Phi) is 8.11. The molecule has 3 nitrogen and oxygen atoms in total. The molecule has 0 aliphatic heterocycles. The summed E-state index contributed by atoms with van der Waals surface area (Å²) in [7, 11) is 6.52. The van der Waals surface area contributed by atoms with Crippen molar-refractivity contribution in [3.05, 3.63) is 59.2 Å². The molecule has 1 aromatic rings. The molecular weight excluding hydrogens is 356 g/mol. The maximum absolute atomic E-state index is 10.6. The number of rotatable bonds is 10. The van der Waals surface area contributed by atoms with E-state index in [4.69, 9.17) is 0 Å². The van der Waals surface area contributed by atoms with Crippen molar-refractivity contribution < 1.29 is 5.11 Å². The van der Waals surface area contributed by atoms with Gasteiger partial charge in [-0.1, -0.05) is 53.6 Å². The first kappa shape index (κ1) is 22.3. The van der Waals surface area contributed by atoms with Crippen molar-refractivity contribution in [2.75, 3.05) is 40.8 Å². The van der Waals surface area contributed by atoms with Crippen LogP contribution in [0.15, 0.2) is 48.1 Å². The molecule has 160 valence electrons. The van der Waals surface area contributed by atoms with E-state index in [0.29, 0.717) is 17.8 Å². The predicted octanol–water partition coefficient (Wildman–Crippen LogP) is 4.31. The van der Waals surface area contributed by atoms with Crippen LogP contribution >= 0.6 is 0 Å². The molecule has 1 saturated carbocycles. The average molecular weight is 397 g/mol. The lowest BCUT2D eigenvalue weighted by molar-refractivity contribution is 0.141. The lowest BCUT2D eigenvalue weighted by Crippen LogP contribution is -2.26. The highest BCUT2D eigenvalue weighted by Gasteiger charge is 2.43. The minimum atomic E-state index is -0.171. The van der Waals surface area contributed by atoms with E-state index in [2.05, 4.69) is 80.4 Å². The van der Waals surface area contributed by atoms with Crippen molar-refractivity contribution in [3.63, 3.8) is 0 Å². The van der Waals surface area contributed by atoms with Crippen molar-refractivity contribution in [3.8, 4) is 0 Å². The molecular formula is C26H40N2O. The van der Waals surface area contributed by atoms with Gasteiger partial charge in [0.15, 0.2) is 0 Å². The van der Waals surface area contributed by atoms with Crippen LogP contribution in [0.2, 0.25) is 0 Å². The number of allylic oxidation sites excluding steroid dienone is 2. The van der Waals surface area contributed by atoms with E-state index in [1.54, 1.807) is 5.57 Å². The van der Waals surface area contributed by atoms with Gasteiger partial charge >= 0.3 is 0 Å². The van der Waals surface area contributed by atoms with E-state index >= 15 is 0 Å². The maximum Gasteiger partial charge on any atom is 0.0611 e. The number of benzene rings is 1. The average Bonchev–Trinajstić information content (AvgIpc) is 3.15. The third-order valence-corrected chi connectivity index (χ3v) is 6.61. The monoisotopic (exact) mass is 396 g/mol. The quantitative estimate of drug-likeness (QED) is 0.597. The van der Waals surface area contributed by atoms with E-state index in [9.17, 15) is 5.11 Å². The van der Waals surface area contributed by atoms with E-state index < -0.39 is 0 Å². The van der Waals surface area contributed by atoms with Gasteiger partial charge in [-0.2, -0.15) is 0 Å². The minimum Gasteiger partial charge on any atom is -0.392 e. The number of aryl methyl sites for hydroxylation is 2. The molecule has 0 amide bonds. The van der Waals surface area contributed by atoms with Crippen LogP contribution in [0.5, 0.6) is 0 Å². The lowest BCUT2D eigenvalue weighted by Gasteiger charge is -2.21. The summed E-state index contributed by atoms with van der Waals surface area (Å²) in [5, 5.41) is 10.6. The van der Waals surface area contributed by atoms with Gasteiger partial charge in [-0.3, -0.25) is 0 Å². The second-order valence-electron chi connectivity index (χ2n) is 9.59. The van der Waals surface area contributed by atoms with Gasteiger partial charge in [-0.25, -0.2) is 0 Å². The molecule has 29 heavy (non-hydrogen) atoms. The molecule has 0 unspecified atom stereocenters. The number of hydrogen-bond acceptors (Lipinski definition) is 3. The standard InChI is InChI=1S/C26H40N2O/c1-20-9-7-11-21(15-20)10-5-6-12-24-25-17-22(16-23(25)18-26(24)29)19-28(4)14-8-13-27(2)3/h6-7,9,11-12,15-16,23-26,29H,5,8,10,13-14,17-19H2,1-4H3/b12-6+/t23-,24+,25-,26+/m0/s1. The van der Waals surface area contributed by atoms with Gasteiger partial charge in [0, 0.05) is 12.5 Å². The second kappa shape index (κ2) is 10.6. The number of likely N-dealkylation sites (N-methyl/N-ethyl adjacent to an activating group) is 1. The largest absolute Gasteiger partial charge is 0.392 e. The second-order valence-corrected chi connectivity index (χ2v) is 9.59. The van der Waals surface area contributed by atoms with Crippen molar-refractivity contribution in [2.45, 2.75) is 45.1 Å². The summed E-state index contributed by atoms with van der Waals surface area (Å²) in [4.78, 5) is 4.71. The van der Waals surface area contributed by atoms with Crippen LogP contribution in [-0.4, -0.2) is 61.8 Å². The first-order chi connectivity index (χ1) is 13.9. The number of aliphatic hydroxyl groups excluding tert-OH is 1. The summed E-state index contributed by atoms with van der Waals surface area (Å²) in [6.45, 7) is 5.53. The molecule has 0 heterocycles. The molecule has 0 radical (unpaired) electrons. The fraction of sp³-hybridized carbons (Fsp3) is 0.615. The maximum atomic E-state index is 10.6. The van der Waals surface area contributed by atoms with Gasteiger partial charge in [0.05, 0.1) is 6.10 Å². The SMILES string of the molecule is Cc1cccc(CC/C=C/[C@@H]2[C@H]3CC(CN(C)CCCN(C)C)=C[C@H]3C[C@H]2O)c1. The third kappa shape index (κ3) is 6.53. The summed E-state index contributed by atoms with van der Waals surface area (Å²) in [5.74, 6) is 1.50. The first-order valence-electron chi connectivity index (χ1n) is 11.4. The van der Waals surface area contributed by atoms with E-state index in [0.717, 1.165) is 45.3 Å². The van der Waals surface area contributed by atoms with E-state index in [-0.39, 0.29) is 6.10 Å². The molecule has 4 atom stereocenters. The van der Waals surface area contributed by atoms with Crippen LogP contribution in [0.3, 0.4) is 0 Å². The zero-order chi connectivity index (χ0) is 20.8. The molecule has 2 aliphatic carbocycles. The molecule has 2 aliphatic rings.